The Bertz CT molecular complexity index is 737. The molecule has 0 fully saturated rings. The van der Waals surface area contributed by atoms with Crippen LogP contribution >= 0.6 is 22.7 Å². The standard InChI is InChI=1S/C11H13N3O4S3/c1-7(9-4-3-5-19-9)13-21(17,18)10-6-8(14(15)16)11(12-2)20-10/h3-7,12-13H,1-2H3. The predicted molar refractivity (Wildman–Crippen MR) is 83.6 cm³/mol. The highest BCUT2D eigenvalue weighted by atomic mass is 32.2. The molecule has 21 heavy (non-hydrogen) atoms. The highest BCUT2D eigenvalue weighted by Gasteiger charge is 2.27. The van der Waals surface area contributed by atoms with E-state index in [2.05, 4.69) is 10.0 Å². The molecule has 2 aromatic heterocycles. The average Bonchev–Trinajstić information content (AvgIpc) is 3.07. The third-order valence-electron chi connectivity index (χ3n) is 2.68. The van der Waals surface area contributed by atoms with Crippen molar-refractivity contribution >= 4 is 43.4 Å². The highest BCUT2D eigenvalue weighted by Crippen LogP contribution is 2.37. The van der Waals surface area contributed by atoms with E-state index >= 15 is 0 Å². The molecule has 0 aliphatic heterocycles. The summed E-state index contributed by atoms with van der Waals surface area (Å²) in [5.41, 5.74) is -0.244. The maximum Gasteiger partial charge on any atom is 0.304 e. The molecule has 0 aliphatic rings. The average molecular weight is 347 g/mol. The third kappa shape index (κ3) is 3.40. The van der Waals surface area contributed by atoms with E-state index in [-0.39, 0.29) is 14.9 Å². The lowest BCUT2D eigenvalue weighted by Gasteiger charge is -2.11. The van der Waals surface area contributed by atoms with Crippen LogP contribution in [-0.4, -0.2) is 20.4 Å². The largest absolute Gasteiger partial charge is 0.374 e. The van der Waals surface area contributed by atoms with Gasteiger partial charge in [-0.25, -0.2) is 13.1 Å². The number of nitrogens with zero attached hydrogens (tertiary/aromatic N) is 1. The molecule has 10 heteroatoms. The van der Waals surface area contributed by atoms with Gasteiger partial charge in [-0.1, -0.05) is 17.4 Å². The second-order valence-corrected chi connectivity index (χ2v) is 8.12. The minimum Gasteiger partial charge on any atom is -0.374 e. The fourth-order valence-corrected chi connectivity index (χ4v) is 5.02. The van der Waals surface area contributed by atoms with Gasteiger partial charge >= 0.3 is 5.69 Å². The summed E-state index contributed by atoms with van der Waals surface area (Å²) in [5.74, 6) is 0. The molecular weight excluding hydrogens is 334 g/mol. The predicted octanol–water partition coefficient (Wildman–Crippen LogP) is 2.80. The molecule has 1 unspecified atom stereocenters. The number of sulfonamides is 1. The Kier molecular flexibility index (Phi) is 4.61. The summed E-state index contributed by atoms with van der Waals surface area (Å²) in [5, 5.41) is 15.6. The fraction of sp³-hybridized carbons (Fsp3) is 0.273. The van der Waals surface area contributed by atoms with Crippen LogP contribution in [0.5, 0.6) is 0 Å². The summed E-state index contributed by atoms with van der Waals surface area (Å²) in [6.07, 6.45) is 0. The summed E-state index contributed by atoms with van der Waals surface area (Å²) in [4.78, 5) is 11.2. The third-order valence-corrected chi connectivity index (χ3v) is 6.89. The Morgan fingerprint density at radius 2 is 2.14 bits per heavy atom. The first-order valence-corrected chi connectivity index (χ1v) is 9.05. The van der Waals surface area contributed by atoms with Crippen LogP contribution in [0.25, 0.3) is 0 Å². The highest BCUT2D eigenvalue weighted by molar-refractivity contribution is 7.91. The van der Waals surface area contributed by atoms with Crippen LogP contribution in [0.2, 0.25) is 0 Å². The summed E-state index contributed by atoms with van der Waals surface area (Å²) in [7, 11) is -2.29. The summed E-state index contributed by atoms with van der Waals surface area (Å²) < 4.78 is 27.0. The zero-order chi connectivity index (χ0) is 15.6. The van der Waals surface area contributed by atoms with Gasteiger partial charge in [0.2, 0.25) is 0 Å². The lowest BCUT2D eigenvalue weighted by Crippen LogP contribution is -2.25. The van der Waals surface area contributed by atoms with Crippen molar-refractivity contribution in [2.45, 2.75) is 17.2 Å². The number of hydrogen-bond donors (Lipinski definition) is 2. The molecule has 0 saturated heterocycles. The van der Waals surface area contributed by atoms with Gasteiger partial charge in [0.25, 0.3) is 10.0 Å². The summed E-state index contributed by atoms with van der Waals surface area (Å²) in [6, 6.07) is 4.34. The Hall–Kier alpha value is -1.49. The molecule has 2 heterocycles. The first kappa shape index (κ1) is 15.9. The lowest BCUT2D eigenvalue weighted by molar-refractivity contribution is -0.383. The van der Waals surface area contributed by atoms with Crippen LogP contribution in [0.3, 0.4) is 0 Å². The maximum absolute atomic E-state index is 12.3. The molecule has 0 saturated carbocycles. The minimum atomic E-state index is -3.80. The number of hydrogen-bond acceptors (Lipinski definition) is 7. The van der Waals surface area contributed by atoms with Gasteiger partial charge in [0.15, 0.2) is 5.00 Å². The second-order valence-electron chi connectivity index (χ2n) is 4.15. The monoisotopic (exact) mass is 347 g/mol. The van der Waals surface area contributed by atoms with E-state index in [1.807, 2.05) is 17.5 Å². The Balaban J connectivity index is 2.29. The lowest BCUT2D eigenvalue weighted by atomic mass is 10.3. The number of rotatable bonds is 6. The Morgan fingerprint density at radius 1 is 1.43 bits per heavy atom. The molecule has 7 nitrogen and oxygen atoms in total. The van der Waals surface area contributed by atoms with Gasteiger partial charge in [0.05, 0.1) is 11.0 Å². The van der Waals surface area contributed by atoms with Crippen LogP contribution in [-0.2, 0) is 10.0 Å². The molecule has 0 amide bonds. The molecule has 0 bridgehead atoms. The molecule has 0 aromatic carbocycles. The van der Waals surface area contributed by atoms with Crippen molar-refractivity contribution in [1.82, 2.24) is 4.72 Å². The van der Waals surface area contributed by atoms with Crippen molar-refractivity contribution in [2.75, 3.05) is 12.4 Å². The van der Waals surface area contributed by atoms with Crippen LogP contribution in [0.1, 0.15) is 17.8 Å². The molecule has 2 aromatic rings. The van der Waals surface area contributed by atoms with E-state index in [1.165, 1.54) is 18.4 Å². The number of thiophene rings is 2. The topological polar surface area (TPSA) is 101 Å². The van der Waals surface area contributed by atoms with E-state index in [0.717, 1.165) is 22.3 Å². The summed E-state index contributed by atoms with van der Waals surface area (Å²) in [6.45, 7) is 1.73. The van der Waals surface area contributed by atoms with Crippen LogP contribution in [0.15, 0.2) is 27.8 Å². The first-order chi connectivity index (χ1) is 9.85. The molecule has 2 rings (SSSR count). The van der Waals surface area contributed by atoms with Crippen molar-refractivity contribution < 1.29 is 13.3 Å². The Morgan fingerprint density at radius 3 is 2.62 bits per heavy atom. The molecule has 0 spiro atoms. The van der Waals surface area contributed by atoms with Crippen molar-refractivity contribution in [2.24, 2.45) is 0 Å². The van der Waals surface area contributed by atoms with Gasteiger partial charge in [-0.3, -0.25) is 10.1 Å². The normalized spacial score (nSPS) is 13.0. The van der Waals surface area contributed by atoms with Gasteiger partial charge in [0.1, 0.15) is 4.21 Å². The van der Waals surface area contributed by atoms with E-state index in [4.69, 9.17) is 0 Å². The second kappa shape index (κ2) is 6.10. The van der Waals surface area contributed by atoms with E-state index in [0.29, 0.717) is 0 Å². The number of anilines is 1. The molecule has 1 atom stereocenters. The molecule has 2 N–H and O–H groups in total. The SMILES string of the molecule is CNc1sc(S(=O)(=O)NC(C)c2cccs2)cc1[N+](=O)[O-]. The quantitative estimate of drug-likeness (QED) is 0.618. The van der Waals surface area contributed by atoms with Gasteiger partial charge in [-0.2, -0.15) is 0 Å². The van der Waals surface area contributed by atoms with Crippen LogP contribution in [0, 0.1) is 10.1 Å². The Labute approximate surface area is 129 Å². The van der Waals surface area contributed by atoms with Crippen molar-refractivity contribution in [3.05, 3.63) is 38.6 Å². The zero-order valence-electron chi connectivity index (χ0n) is 11.2. The van der Waals surface area contributed by atoms with Gasteiger partial charge in [-0.05, 0) is 18.4 Å². The van der Waals surface area contributed by atoms with Gasteiger partial charge in [-0.15, -0.1) is 11.3 Å². The molecular formula is C11H13N3O4S3. The first-order valence-electron chi connectivity index (χ1n) is 5.87. The van der Waals surface area contributed by atoms with Crippen LogP contribution < -0.4 is 10.0 Å². The molecule has 114 valence electrons. The van der Waals surface area contributed by atoms with Gasteiger partial charge in [0, 0.05) is 18.0 Å². The van der Waals surface area contributed by atoms with E-state index in [1.54, 1.807) is 6.92 Å². The number of nitro groups is 1. The maximum atomic E-state index is 12.3. The summed E-state index contributed by atoms with van der Waals surface area (Å²) >= 11 is 2.27. The zero-order valence-corrected chi connectivity index (χ0v) is 13.6. The van der Waals surface area contributed by atoms with Crippen molar-refractivity contribution in [3.63, 3.8) is 0 Å². The van der Waals surface area contributed by atoms with Crippen molar-refractivity contribution in [1.29, 1.82) is 0 Å². The van der Waals surface area contributed by atoms with Crippen LogP contribution in [0.4, 0.5) is 10.7 Å². The minimum absolute atomic E-state index is 0.0815. The molecule has 0 radical (unpaired) electrons. The van der Waals surface area contributed by atoms with Gasteiger partial charge < -0.3 is 5.32 Å². The smallest absolute Gasteiger partial charge is 0.304 e. The fourth-order valence-electron chi connectivity index (χ4n) is 1.69. The number of nitrogens with one attached hydrogen (secondary N) is 2. The van der Waals surface area contributed by atoms with Crippen molar-refractivity contribution in [3.8, 4) is 0 Å². The van der Waals surface area contributed by atoms with E-state index < -0.39 is 21.0 Å². The van der Waals surface area contributed by atoms with E-state index in [9.17, 15) is 18.5 Å². The molecule has 0 aliphatic carbocycles.